The Morgan fingerprint density at radius 2 is 2.54 bits per heavy atom. The summed E-state index contributed by atoms with van der Waals surface area (Å²) in [7, 11) is 0. The average Bonchev–Trinajstić information content (AvgIpc) is 2.71. The van der Waals surface area contributed by atoms with Gasteiger partial charge in [0.25, 0.3) is 0 Å². The zero-order chi connectivity index (χ0) is 9.10. The smallest absolute Gasteiger partial charge is 0.0794 e. The molecule has 0 saturated heterocycles. The quantitative estimate of drug-likeness (QED) is 0.763. The van der Waals surface area contributed by atoms with Crippen LogP contribution in [0.5, 0.6) is 0 Å². The van der Waals surface area contributed by atoms with Crippen LogP contribution in [0.3, 0.4) is 0 Å². The standard InChI is InChI=1S/C9H15N3S/c10-7-1-2-8(3-7)12-5-9-4-11-6-13-9/h4,6-8,12H,1-3,5,10H2. The molecule has 1 aliphatic carbocycles. The van der Waals surface area contributed by atoms with Crippen LogP contribution in [-0.4, -0.2) is 17.1 Å². The van der Waals surface area contributed by atoms with E-state index in [0.29, 0.717) is 12.1 Å². The lowest BCUT2D eigenvalue weighted by Gasteiger charge is -2.10. The molecule has 0 bridgehead atoms. The topological polar surface area (TPSA) is 50.9 Å². The minimum atomic E-state index is 0.416. The number of thiazole rings is 1. The highest BCUT2D eigenvalue weighted by Crippen LogP contribution is 2.17. The number of hydrogen-bond donors (Lipinski definition) is 2. The summed E-state index contributed by atoms with van der Waals surface area (Å²) in [6.07, 6.45) is 5.44. The summed E-state index contributed by atoms with van der Waals surface area (Å²) in [5.41, 5.74) is 7.70. The summed E-state index contributed by atoms with van der Waals surface area (Å²) in [6, 6.07) is 1.04. The van der Waals surface area contributed by atoms with Crippen molar-refractivity contribution >= 4 is 11.3 Å². The van der Waals surface area contributed by atoms with Crippen molar-refractivity contribution in [2.45, 2.75) is 37.9 Å². The first-order chi connectivity index (χ1) is 6.34. The van der Waals surface area contributed by atoms with Crippen molar-refractivity contribution in [2.75, 3.05) is 0 Å². The maximum absolute atomic E-state index is 5.82. The van der Waals surface area contributed by atoms with Crippen LogP contribution < -0.4 is 11.1 Å². The van der Waals surface area contributed by atoms with Crippen LogP contribution in [0.1, 0.15) is 24.1 Å². The van der Waals surface area contributed by atoms with Gasteiger partial charge >= 0.3 is 0 Å². The first-order valence-electron chi connectivity index (χ1n) is 4.71. The maximum Gasteiger partial charge on any atom is 0.0794 e. The van der Waals surface area contributed by atoms with E-state index in [4.69, 9.17) is 5.73 Å². The van der Waals surface area contributed by atoms with Crippen molar-refractivity contribution in [3.05, 3.63) is 16.6 Å². The van der Waals surface area contributed by atoms with Crippen LogP contribution in [0.15, 0.2) is 11.7 Å². The Hall–Kier alpha value is -0.450. The fraction of sp³-hybridized carbons (Fsp3) is 0.667. The average molecular weight is 197 g/mol. The molecular weight excluding hydrogens is 182 g/mol. The summed E-state index contributed by atoms with van der Waals surface area (Å²) in [4.78, 5) is 5.34. The molecule has 1 saturated carbocycles. The molecule has 1 fully saturated rings. The Morgan fingerprint density at radius 3 is 3.15 bits per heavy atom. The summed E-state index contributed by atoms with van der Waals surface area (Å²) in [6.45, 7) is 0.946. The molecule has 0 aromatic carbocycles. The number of aromatic nitrogens is 1. The van der Waals surface area contributed by atoms with Crippen LogP contribution in [0, 0.1) is 0 Å². The number of nitrogens with two attached hydrogens (primary N) is 1. The normalized spacial score (nSPS) is 28.1. The van der Waals surface area contributed by atoms with Crippen LogP contribution in [0.25, 0.3) is 0 Å². The number of nitrogens with one attached hydrogen (secondary N) is 1. The van der Waals surface area contributed by atoms with E-state index in [2.05, 4.69) is 10.3 Å². The Kier molecular flexibility index (Phi) is 2.93. The second kappa shape index (κ2) is 4.17. The van der Waals surface area contributed by atoms with Gasteiger partial charge in [-0.05, 0) is 19.3 Å². The largest absolute Gasteiger partial charge is 0.328 e. The Balaban J connectivity index is 1.74. The van der Waals surface area contributed by atoms with Crippen LogP contribution in [0.2, 0.25) is 0 Å². The highest BCUT2D eigenvalue weighted by Gasteiger charge is 2.20. The lowest BCUT2D eigenvalue weighted by atomic mass is 10.2. The van der Waals surface area contributed by atoms with Gasteiger partial charge in [0.05, 0.1) is 5.51 Å². The molecule has 4 heteroatoms. The molecule has 0 aliphatic heterocycles. The molecule has 2 atom stereocenters. The van der Waals surface area contributed by atoms with E-state index < -0.39 is 0 Å². The van der Waals surface area contributed by atoms with E-state index in [1.807, 2.05) is 11.7 Å². The second-order valence-corrected chi connectivity index (χ2v) is 4.59. The third kappa shape index (κ3) is 2.49. The summed E-state index contributed by atoms with van der Waals surface area (Å²) >= 11 is 1.70. The molecule has 2 rings (SSSR count). The van der Waals surface area contributed by atoms with Gasteiger partial charge in [-0.15, -0.1) is 11.3 Å². The van der Waals surface area contributed by atoms with E-state index in [0.717, 1.165) is 13.0 Å². The van der Waals surface area contributed by atoms with Crippen molar-refractivity contribution in [2.24, 2.45) is 5.73 Å². The molecule has 1 aromatic rings. The van der Waals surface area contributed by atoms with Crippen molar-refractivity contribution in [3.63, 3.8) is 0 Å². The highest BCUT2D eigenvalue weighted by atomic mass is 32.1. The van der Waals surface area contributed by atoms with Crippen molar-refractivity contribution in [1.29, 1.82) is 0 Å². The molecule has 2 unspecified atom stereocenters. The summed E-state index contributed by atoms with van der Waals surface area (Å²) < 4.78 is 0. The van der Waals surface area contributed by atoms with Gasteiger partial charge in [0.2, 0.25) is 0 Å². The Morgan fingerprint density at radius 1 is 1.62 bits per heavy atom. The number of nitrogens with zero attached hydrogens (tertiary/aromatic N) is 1. The third-order valence-electron chi connectivity index (χ3n) is 2.52. The van der Waals surface area contributed by atoms with Crippen molar-refractivity contribution < 1.29 is 0 Å². The van der Waals surface area contributed by atoms with E-state index in [1.165, 1.54) is 17.7 Å². The minimum Gasteiger partial charge on any atom is -0.328 e. The minimum absolute atomic E-state index is 0.416. The molecule has 0 radical (unpaired) electrons. The van der Waals surface area contributed by atoms with Gasteiger partial charge in [0.15, 0.2) is 0 Å². The lowest BCUT2D eigenvalue weighted by molar-refractivity contribution is 0.519. The SMILES string of the molecule is NC1CCC(NCc2cncs2)C1. The molecule has 72 valence electrons. The summed E-state index contributed by atoms with van der Waals surface area (Å²) in [5.74, 6) is 0. The van der Waals surface area contributed by atoms with E-state index >= 15 is 0 Å². The first-order valence-corrected chi connectivity index (χ1v) is 5.59. The predicted molar refractivity (Wildman–Crippen MR) is 54.6 cm³/mol. The molecular formula is C9H15N3S. The number of rotatable bonds is 3. The van der Waals surface area contributed by atoms with Crippen LogP contribution in [0.4, 0.5) is 0 Å². The first kappa shape index (κ1) is 9.12. The summed E-state index contributed by atoms with van der Waals surface area (Å²) in [5, 5.41) is 3.50. The molecule has 13 heavy (non-hydrogen) atoms. The predicted octanol–water partition coefficient (Wildman–Crippen LogP) is 1.11. The van der Waals surface area contributed by atoms with Gasteiger partial charge in [-0.1, -0.05) is 0 Å². The van der Waals surface area contributed by atoms with Gasteiger partial charge in [-0.2, -0.15) is 0 Å². The van der Waals surface area contributed by atoms with Crippen molar-refractivity contribution in [3.8, 4) is 0 Å². The van der Waals surface area contributed by atoms with Crippen LogP contribution in [-0.2, 0) is 6.54 Å². The number of hydrogen-bond acceptors (Lipinski definition) is 4. The molecule has 0 amide bonds. The van der Waals surface area contributed by atoms with Gasteiger partial charge in [-0.3, -0.25) is 4.98 Å². The molecule has 1 aliphatic rings. The monoisotopic (exact) mass is 197 g/mol. The molecule has 1 heterocycles. The fourth-order valence-electron chi connectivity index (χ4n) is 1.78. The molecule has 1 aromatic heterocycles. The maximum atomic E-state index is 5.82. The molecule has 3 nitrogen and oxygen atoms in total. The molecule has 0 spiro atoms. The third-order valence-corrected chi connectivity index (χ3v) is 3.30. The van der Waals surface area contributed by atoms with E-state index in [1.54, 1.807) is 11.3 Å². The van der Waals surface area contributed by atoms with E-state index in [-0.39, 0.29) is 0 Å². The van der Waals surface area contributed by atoms with Gasteiger partial charge in [0, 0.05) is 29.7 Å². The molecule has 3 N–H and O–H groups in total. The van der Waals surface area contributed by atoms with Gasteiger partial charge in [0.1, 0.15) is 0 Å². The van der Waals surface area contributed by atoms with E-state index in [9.17, 15) is 0 Å². The Labute approximate surface area is 82.4 Å². The zero-order valence-electron chi connectivity index (χ0n) is 7.57. The Bertz CT molecular complexity index is 247. The second-order valence-electron chi connectivity index (χ2n) is 3.62. The zero-order valence-corrected chi connectivity index (χ0v) is 8.39. The lowest BCUT2D eigenvalue weighted by Crippen LogP contribution is -2.27. The highest BCUT2D eigenvalue weighted by molar-refractivity contribution is 7.09. The van der Waals surface area contributed by atoms with Gasteiger partial charge in [-0.25, -0.2) is 0 Å². The van der Waals surface area contributed by atoms with Crippen LogP contribution >= 0.6 is 11.3 Å². The van der Waals surface area contributed by atoms with Gasteiger partial charge < -0.3 is 11.1 Å². The van der Waals surface area contributed by atoms with Crippen molar-refractivity contribution in [1.82, 2.24) is 10.3 Å². The fourth-order valence-corrected chi connectivity index (χ4v) is 2.32.